The van der Waals surface area contributed by atoms with E-state index in [0.29, 0.717) is 28.7 Å². The van der Waals surface area contributed by atoms with Gasteiger partial charge in [-0.3, -0.25) is 4.79 Å². The molecule has 3 nitrogen and oxygen atoms in total. The van der Waals surface area contributed by atoms with E-state index in [1.807, 2.05) is 0 Å². The molecule has 0 spiro atoms. The van der Waals surface area contributed by atoms with Crippen LogP contribution in [0.15, 0.2) is 18.2 Å². The third kappa shape index (κ3) is 2.32. The summed E-state index contributed by atoms with van der Waals surface area (Å²) >= 11 is 11.8. The summed E-state index contributed by atoms with van der Waals surface area (Å²) in [6.07, 6.45) is 0.837. The lowest BCUT2D eigenvalue weighted by Crippen LogP contribution is -2.32. The second kappa shape index (κ2) is 4.62. The van der Waals surface area contributed by atoms with Crippen molar-refractivity contribution in [2.75, 3.05) is 13.1 Å². The predicted molar refractivity (Wildman–Crippen MR) is 65.0 cm³/mol. The molecule has 0 aliphatic carbocycles. The zero-order valence-electron chi connectivity index (χ0n) is 8.62. The summed E-state index contributed by atoms with van der Waals surface area (Å²) in [5.74, 6) is -0.0968. The molecule has 0 saturated carbocycles. The Hall–Kier alpha value is -0.770. The summed E-state index contributed by atoms with van der Waals surface area (Å²) in [4.78, 5) is 13.8. The molecule has 1 aliphatic heterocycles. The third-order valence-electron chi connectivity index (χ3n) is 2.67. The van der Waals surface area contributed by atoms with Gasteiger partial charge in [-0.15, -0.1) is 0 Å². The Bertz CT molecular complexity index is 422. The topological polar surface area (TPSA) is 46.3 Å². The standard InChI is InChI=1S/C11H12Cl2N2O/c12-7-1-2-10(13)9(5-7)11(16)15-4-3-8(14)6-15/h1-2,5,8H,3-4,6,14H2/t8-/m1/s1. The van der Waals surface area contributed by atoms with E-state index in [4.69, 9.17) is 28.9 Å². The molecule has 86 valence electrons. The molecule has 0 aromatic heterocycles. The molecule has 1 aliphatic rings. The molecule has 0 unspecified atom stereocenters. The maximum atomic E-state index is 12.1. The van der Waals surface area contributed by atoms with Gasteiger partial charge < -0.3 is 10.6 Å². The van der Waals surface area contributed by atoms with E-state index in [1.165, 1.54) is 0 Å². The number of carbonyl (C=O) groups is 1. The fraction of sp³-hybridized carbons (Fsp3) is 0.364. The first kappa shape index (κ1) is 11.7. The van der Waals surface area contributed by atoms with Crippen LogP contribution in [0.3, 0.4) is 0 Å². The minimum atomic E-state index is -0.0968. The minimum absolute atomic E-state index is 0.0712. The van der Waals surface area contributed by atoms with Crippen LogP contribution in [-0.2, 0) is 0 Å². The van der Waals surface area contributed by atoms with Crippen LogP contribution in [0.25, 0.3) is 0 Å². The van der Waals surface area contributed by atoms with Crippen LogP contribution >= 0.6 is 23.2 Å². The van der Waals surface area contributed by atoms with Crippen molar-refractivity contribution in [3.63, 3.8) is 0 Å². The van der Waals surface area contributed by atoms with Crippen molar-refractivity contribution in [3.05, 3.63) is 33.8 Å². The Kier molecular flexibility index (Phi) is 3.38. The molecule has 5 heteroatoms. The molecule has 1 aromatic rings. The van der Waals surface area contributed by atoms with E-state index in [2.05, 4.69) is 0 Å². The number of likely N-dealkylation sites (tertiary alicyclic amines) is 1. The minimum Gasteiger partial charge on any atom is -0.337 e. The van der Waals surface area contributed by atoms with Crippen LogP contribution < -0.4 is 5.73 Å². The van der Waals surface area contributed by atoms with Gasteiger partial charge in [0.1, 0.15) is 0 Å². The van der Waals surface area contributed by atoms with Gasteiger partial charge in [0.05, 0.1) is 10.6 Å². The molecule has 0 radical (unpaired) electrons. The summed E-state index contributed by atoms with van der Waals surface area (Å²) in [7, 11) is 0. The molecule has 2 N–H and O–H groups in total. The van der Waals surface area contributed by atoms with Gasteiger partial charge in [-0.25, -0.2) is 0 Å². The van der Waals surface area contributed by atoms with Gasteiger partial charge in [0, 0.05) is 24.2 Å². The molecule has 16 heavy (non-hydrogen) atoms. The van der Waals surface area contributed by atoms with Crippen LogP contribution in [0.5, 0.6) is 0 Å². The first-order valence-electron chi connectivity index (χ1n) is 5.08. The molecule has 1 amide bonds. The number of nitrogens with zero attached hydrogens (tertiary/aromatic N) is 1. The molecular formula is C11H12Cl2N2O. The van der Waals surface area contributed by atoms with Crippen LogP contribution in [-0.4, -0.2) is 29.9 Å². The van der Waals surface area contributed by atoms with Gasteiger partial charge in [-0.1, -0.05) is 23.2 Å². The highest BCUT2D eigenvalue weighted by atomic mass is 35.5. The second-order valence-corrected chi connectivity index (χ2v) is 4.77. The third-order valence-corrected chi connectivity index (χ3v) is 3.24. The van der Waals surface area contributed by atoms with Gasteiger partial charge in [-0.05, 0) is 24.6 Å². The fourth-order valence-electron chi connectivity index (χ4n) is 1.80. The smallest absolute Gasteiger partial charge is 0.255 e. The molecule has 1 atom stereocenters. The molecule has 1 saturated heterocycles. The Labute approximate surface area is 104 Å². The number of nitrogens with two attached hydrogens (primary N) is 1. The monoisotopic (exact) mass is 258 g/mol. The number of halogens is 2. The summed E-state index contributed by atoms with van der Waals surface area (Å²) in [5, 5.41) is 0.936. The van der Waals surface area contributed by atoms with E-state index in [1.54, 1.807) is 23.1 Å². The predicted octanol–water partition coefficient (Wildman–Crippen LogP) is 2.17. The van der Waals surface area contributed by atoms with Gasteiger partial charge in [-0.2, -0.15) is 0 Å². The summed E-state index contributed by atoms with van der Waals surface area (Å²) in [5.41, 5.74) is 6.20. The van der Waals surface area contributed by atoms with Crippen LogP contribution in [0.4, 0.5) is 0 Å². The molecule has 1 fully saturated rings. The van der Waals surface area contributed by atoms with Crippen molar-refractivity contribution in [1.82, 2.24) is 4.90 Å². The van der Waals surface area contributed by atoms with Crippen molar-refractivity contribution in [1.29, 1.82) is 0 Å². The Morgan fingerprint density at radius 2 is 2.19 bits per heavy atom. The first-order valence-corrected chi connectivity index (χ1v) is 5.83. The summed E-state index contributed by atoms with van der Waals surface area (Å²) in [6, 6.07) is 4.96. The number of hydrogen-bond donors (Lipinski definition) is 1. The van der Waals surface area contributed by atoms with Gasteiger partial charge >= 0.3 is 0 Å². The van der Waals surface area contributed by atoms with E-state index in [9.17, 15) is 4.79 Å². The van der Waals surface area contributed by atoms with Crippen molar-refractivity contribution in [2.45, 2.75) is 12.5 Å². The molecule has 1 aromatic carbocycles. The quantitative estimate of drug-likeness (QED) is 0.840. The van der Waals surface area contributed by atoms with Crippen molar-refractivity contribution in [3.8, 4) is 0 Å². The summed E-state index contributed by atoms with van der Waals surface area (Å²) in [6.45, 7) is 1.27. The van der Waals surface area contributed by atoms with Crippen LogP contribution in [0.1, 0.15) is 16.8 Å². The van der Waals surface area contributed by atoms with Crippen molar-refractivity contribution in [2.24, 2.45) is 5.73 Å². The lowest BCUT2D eigenvalue weighted by atomic mass is 10.2. The first-order chi connectivity index (χ1) is 7.58. The Morgan fingerprint density at radius 3 is 2.81 bits per heavy atom. The average molecular weight is 259 g/mol. The molecular weight excluding hydrogens is 247 g/mol. The normalized spacial score (nSPS) is 20.2. The highest BCUT2D eigenvalue weighted by molar-refractivity contribution is 6.35. The maximum absolute atomic E-state index is 12.1. The van der Waals surface area contributed by atoms with Gasteiger partial charge in [0.25, 0.3) is 5.91 Å². The maximum Gasteiger partial charge on any atom is 0.255 e. The van der Waals surface area contributed by atoms with Crippen LogP contribution in [0, 0.1) is 0 Å². The Morgan fingerprint density at radius 1 is 1.44 bits per heavy atom. The molecule has 1 heterocycles. The number of amides is 1. The number of rotatable bonds is 1. The van der Waals surface area contributed by atoms with E-state index < -0.39 is 0 Å². The zero-order chi connectivity index (χ0) is 11.7. The van der Waals surface area contributed by atoms with Crippen molar-refractivity contribution >= 4 is 29.1 Å². The van der Waals surface area contributed by atoms with E-state index in [-0.39, 0.29) is 11.9 Å². The van der Waals surface area contributed by atoms with Gasteiger partial charge in [0.2, 0.25) is 0 Å². The molecule has 0 bridgehead atoms. The molecule has 2 rings (SSSR count). The summed E-state index contributed by atoms with van der Waals surface area (Å²) < 4.78 is 0. The SMILES string of the molecule is N[C@@H]1CCN(C(=O)c2cc(Cl)ccc2Cl)C1. The fourth-order valence-corrected chi connectivity index (χ4v) is 2.17. The highest BCUT2D eigenvalue weighted by Crippen LogP contribution is 2.23. The van der Waals surface area contributed by atoms with E-state index >= 15 is 0 Å². The lowest BCUT2D eigenvalue weighted by Gasteiger charge is -2.16. The van der Waals surface area contributed by atoms with E-state index in [0.717, 1.165) is 6.42 Å². The highest BCUT2D eigenvalue weighted by Gasteiger charge is 2.25. The van der Waals surface area contributed by atoms with Crippen molar-refractivity contribution < 1.29 is 4.79 Å². The largest absolute Gasteiger partial charge is 0.337 e. The number of hydrogen-bond acceptors (Lipinski definition) is 2. The number of carbonyl (C=O) groups excluding carboxylic acids is 1. The number of benzene rings is 1. The lowest BCUT2D eigenvalue weighted by molar-refractivity contribution is 0.0791. The zero-order valence-corrected chi connectivity index (χ0v) is 10.1. The van der Waals surface area contributed by atoms with Crippen LogP contribution in [0.2, 0.25) is 10.0 Å². The second-order valence-electron chi connectivity index (χ2n) is 3.92. The Balaban J connectivity index is 2.23. The average Bonchev–Trinajstić information content (AvgIpc) is 2.67. The van der Waals surface area contributed by atoms with Gasteiger partial charge in [0.15, 0.2) is 0 Å².